The molecule has 2 saturated carbocycles. The Bertz CT molecular complexity index is 575. The number of hydrogen-bond donors (Lipinski definition) is 0. The molecule has 0 atom stereocenters. The summed E-state index contributed by atoms with van der Waals surface area (Å²) in [6, 6.07) is 0. The Hall–Kier alpha value is -0.157. The van der Waals surface area contributed by atoms with Crippen LogP contribution in [0.15, 0.2) is 41.0 Å². The molecule has 4 aliphatic rings. The minimum atomic E-state index is -0.537. The summed E-state index contributed by atoms with van der Waals surface area (Å²) in [5.41, 5.74) is 7.02. The SMILES string of the molecule is CC1=[C]([Zr][C]2=C(C)C(C3CCCCC3)=CC2)CC=C1C1CCCCC1. The predicted molar refractivity (Wildman–Crippen MR) is 104 cm³/mol. The van der Waals surface area contributed by atoms with Crippen LogP contribution in [0.1, 0.15) is 90.9 Å². The first-order valence-corrected chi connectivity index (χ1v) is 13.3. The van der Waals surface area contributed by atoms with Crippen LogP contribution in [-0.4, -0.2) is 0 Å². The van der Waals surface area contributed by atoms with E-state index in [1.54, 1.807) is 22.3 Å². The van der Waals surface area contributed by atoms with Gasteiger partial charge >= 0.3 is 167 Å². The van der Waals surface area contributed by atoms with Crippen LogP contribution in [0.3, 0.4) is 0 Å². The van der Waals surface area contributed by atoms with Gasteiger partial charge in [0, 0.05) is 0 Å². The van der Waals surface area contributed by atoms with Gasteiger partial charge in [0.25, 0.3) is 0 Å². The molecular formula is C24H34Zr. The summed E-state index contributed by atoms with van der Waals surface area (Å²) in [5, 5.41) is 0. The first kappa shape index (κ1) is 18.2. The van der Waals surface area contributed by atoms with Crippen LogP contribution in [-0.2, 0) is 23.2 Å². The van der Waals surface area contributed by atoms with Crippen molar-refractivity contribution in [2.45, 2.75) is 90.9 Å². The summed E-state index contributed by atoms with van der Waals surface area (Å²) in [4.78, 5) is 0. The summed E-state index contributed by atoms with van der Waals surface area (Å²) in [5.74, 6) is 1.81. The Morgan fingerprint density at radius 1 is 0.640 bits per heavy atom. The average Bonchev–Trinajstić information content (AvgIpc) is 3.20. The number of allylic oxidation sites excluding steroid dienone is 8. The molecule has 0 aliphatic heterocycles. The van der Waals surface area contributed by atoms with Gasteiger partial charge in [0.15, 0.2) is 0 Å². The van der Waals surface area contributed by atoms with E-state index < -0.39 is 23.2 Å². The normalized spacial score (nSPS) is 26.3. The average molecular weight is 414 g/mol. The van der Waals surface area contributed by atoms with Crippen molar-refractivity contribution in [3.8, 4) is 0 Å². The first-order chi connectivity index (χ1) is 12.2. The van der Waals surface area contributed by atoms with Crippen molar-refractivity contribution in [2.24, 2.45) is 11.8 Å². The second-order valence-corrected chi connectivity index (χ2v) is 12.3. The molecule has 2 fully saturated rings. The molecule has 0 spiro atoms. The third-order valence-electron chi connectivity index (χ3n) is 7.22. The van der Waals surface area contributed by atoms with E-state index in [0.717, 1.165) is 11.8 Å². The van der Waals surface area contributed by atoms with Crippen molar-refractivity contribution in [3.05, 3.63) is 41.0 Å². The van der Waals surface area contributed by atoms with Gasteiger partial charge in [-0.1, -0.05) is 0 Å². The van der Waals surface area contributed by atoms with Gasteiger partial charge in [0.1, 0.15) is 0 Å². The number of hydrogen-bond acceptors (Lipinski definition) is 0. The van der Waals surface area contributed by atoms with Gasteiger partial charge in [0.2, 0.25) is 0 Å². The Kier molecular flexibility index (Phi) is 6.01. The molecular weight excluding hydrogens is 379 g/mol. The van der Waals surface area contributed by atoms with Crippen molar-refractivity contribution < 1.29 is 23.2 Å². The van der Waals surface area contributed by atoms with Gasteiger partial charge in [-0.25, -0.2) is 0 Å². The molecule has 0 heterocycles. The second-order valence-electron chi connectivity index (χ2n) is 8.73. The molecule has 4 aliphatic carbocycles. The molecule has 0 bridgehead atoms. The Balaban J connectivity index is 1.44. The van der Waals surface area contributed by atoms with E-state index in [0.29, 0.717) is 0 Å². The van der Waals surface area contributed by atoms with Crippen LogP contribution in [0, 0.1) is 11.8 Å². The zero-order valence-electron chi connectivity index (χ0n) is 16.3. The summed E-state index contributed by atoms with van der Waals surface area (Å²) in [6.07, 6.45) is 22.5. The maximum atomic E-state index is 2.63. The summed E-state index contributed by atoms with van der Waals surface area (Å²) >= 11 is -0.537. The fraction of sp³-hybridized carbons (Fsp3) is 0.667. The molecule has 134 valence electrons. The van der Waals surface area contributed by atoms with Crippen LogP contribution >= 0.6 is 0 Å². The van der Waals surface area contributed by atoms with Crippen LogP contribution in [0.4, 0.5) is 0 Å². The summed E-state index contributed by atoms with van der Waals surface area (Å²) < 4.78 is 3.80. The van der Waals surface area contributed by atoms with E-state index in [-0.39, 0.29) is 0 Å². The zero-order chi connectivity index (χ0) is 17.2. The Morgan fingerprint density at radius 2 is 1.04 bits per heavy atom. The van der Waals surface area contributed by atoms with E-state index in [1.165, 1.54) is 77.0 Å². The zero-order valence-corrected chi connectivity index (χ0v) is 18.8. The minimum absolute atomic E-state index is 0.537. The monoisotopic (exact) mass is 412 g/mol. The van der Waals surface area contributed by atoms with Crippen LogP contribution < -0.4 is 0 Å². The topological polar surface area (TPSA) is 0 Å². The molecule has 4 rings (SSSR count). The molecule has 0 nitrogen and oxygen atoms in total. The molecule has 0 unspecified atom stereocenters. The van der Waals surface area contributed by atoms with Crippen molar-refractivity contribution in [2.75, 3.05) is 0 Å². The van der Waals surface area contributed by atoms with Gasteiger partial charge < -0.3 is 0 Å². The van der Waals surface area contributed by atoms with Gasteiger partial charge in [0.05, 0.1) is 0 Å². The van der Waals surface area contributed by atoms with Gasteiger partial charge in [-0.2, -0.15) is 0 Å². The molecule has 0 saturated heterocycles. The van der Waals surface area contributed by atoms with E-state index in [2.05, 4.69) is 26.0 Å². The first-order valence-electron chi connectivity index (χ1n) is 10.8. The third-order valence-corrected chi connectivity index (χ3v) is 11.5. The molecule has 1 heteroatoms. The molecule has 0 aromatic carbocycles. The van der Waals surface area contributed by atoms with E-state index in [1.807, 2.05) is 6.56 Å². The molecule has 0 aromatic rings. The van der Waals surface area contributed by atoms with Crippen molar-refractivity contribution in [3.63, 3.8) is 0 Å². The van der Waals surface area contributed by atoms with Crippen molar-refractivity contribution >= 4 is 0 Å². The van der Waals surface area contributed by atoms with Gasteiger partial charge in [-0.3, -0.25) is 0 Å². The second kappa shape index (κ2) is 8.25. The van der Waals surface area contributed by atoms with Crippen LogP contribution in [0.2, 0.25) is 0 Å². The molecule has 0 N–H and O–H groups in total. The van der Waals surface area contributed by atoms with Crippen molar-refractivity contribution in [1.29, 1.82) is 0 Å². The molecule has 0 amide bonds. The Morgan fingerprint density at radius 3 is 1.44 bits per heavy atom. The Labute approximate surface area is 166 Å². The van der Waals surface area contributed by atoms with Crippen LogP contribution in [0.5, 0.6) is 0 Å². The van der Waals surface area contributed by atoms with E-state index in [4.69, 9.17) is 0 Å². The molecule has 0 aromatic heterocycles. The van der Waals surface area contributed by atoms with Gasteiger partial charge in [-0.15, -0.1) is 0 Å². The van der Waals surface area contributed by atoms with Crippen LogP contribution in [0.25, 0.3) is 0 Å². The predicted octanol–water partition coefficient (Wildman–Crippen LogP) is 7.44. The summed E-state index contributed by atoms with van der Waals surface area (Å²) in [7, 11) is 0. The number of rotatable bonds is 4. The van der Waals surface area contributed by atoms with Crippen molar-refractivity contribution in [1.82, 2.24) is 0 Å². The summed E-state index contributed by atoms with van der Waals surface area (Å²) in [6.45, 7) is 4.92. The standard InChI is InChI=1S/2C12H17.Zr/c2*1-10-6-5-9-12(10)11-7-3-2-4-8-11;/h2*9,11H,2-5,7-8H2,1H3;. The van der Waals surface area contributed by atoms with E-state index in [9.17, 15) is 0 Å². The van der Waals surface area contributed by atoms with E-state index >= 15 is 0 Å². The molecule has 25 heavy (non-hydrogen) atoms. The van der Waals surface area contributed by atoms with Gasteiger partial charge in [-0.05, 0) is 0 Å². The fourth-order valence-corrected chi connectivity index (χ4v) is 9.16. The fourth-order valence-electron chi connectivity index (χ4n) is 5.63. The maximum absolute atomic E-state index is 2.63. The third kappa shape index (κ3) is 3.92. The molecule has 0 radical (unpaired) electrons. The quantitative estimate of drug-likeness (QED) is 0.449.